The van der Waals surface area contributed by atoms with Crippen LogP contribution >= 0.6 is 0 Å². The highest BCUT2D eigenvalue weighted by Crippen LogP contribution is 2.25. The normalized spacial score (nSPS) is 18.6. The third kappa shape index (κ3) is 5.27. The molecule has 0 N–H and O–H groups in total. The summed E-state index contributed by atoms with van der Waals surface area (Å²) in [5, 5.41) is 0. The van der Waals surface area contributed by atoms with Crippen LogP contribution in [-0.2, 0) is 28.2 Å². The zero-order valence-corrected chi connectivity index (χ0v) is 18.6. The van der Waals surface area contributed by atoms with Crippen LogP contribution in [0.2, 0.25) is 0 Å². The second-order valence-electron chi connectivity index (χ2n) is 8.99. The molecule has 0 saturated carbocycles. The summed E-state index contributed by atoms with van der Waals surface area (Å²) in [4.78, 5) is 15.1. The molecule has 5 heteroatoms. The Morgan fingerprint density at radius 1 is 1.00 bits per heavy atom. The van der Waals surface area contributed by atoms with E-state index in [0.717, 1.165) is 12.0 Å². The molecular formula is C24H31NO3S. The van der Waals surface area contributed by atoms with E-state index in [9.17, 15) is 13.2 Å². The van der Waals surface area contributed by atoms with E-state index in [1.165, 1.54) is 11.1 Å². The van der Waals surface area contributed by atoms with Crippen molar-refractivity contribution in [2.24, 2.45) is 0 Å². The molecule has 1 saturated heterocycles. The Hall–Kier alpha value is -2.14. The van der Waals surface area contributed by atoms with Gasteiger partial charge in [-0.15, -0.1) is 0 Å². The topological polar surface area (TPSA) is 54.5 Å². The molecule has 0 bridgehead atoms. The number of benzene rings is 2. The van der Waals surface area contributed by atoms with Crippen LogP contribution in [0.4, 0.5) is 0 Å². The van der Waals surface area contributed by atoms with Gasteiger partial charge in [0.05, 0.1) is 11.5 Å². The maximum absolute atomic E-state index is 13.4. The second-order valence-corrected chi connectivity index (χ2v) is 11.2. The maximum atomic E-state index is 13.4. The number of nitrogens with zero attached hydrogens (tertiary/aromatic N) is 1. The molecular weight excluding hydrogens is 382 g/mol. The molecule has 3 rings (SSSR count). The first-order valence-corrected chi connectivity index (χ1v) is 12.1. The van der Waals surface area contributed by atoms with Gasteiger partial charge in [0.15, 0.2) is 9.84 Å². The zero-order valence-electron chi connectivity index (χ0n) is 17.8. The quantitative estimate of drug-likeness (QED) is 0.731. The highest BCUT2D eigenvalue weighted by Gasteiger charge is 2.35. The number of rotatable bonds is 5. The van der Waals surface area contributed by atoms with Gasteiger partial charge in [-0.25, -0.2) is 8.42 Å². The van der Waals surface area contributed by atoms with Crippen LogP contribution in [0.15, 0.2) is 48.5 Å². The molecule has 1 fully saturated rings. The van der Waals surface area contributed by atoms with Crippen LogP contribution in [0.5, 0.6) is 0 Å². The van der Waals surface area contributed by atoms with E-state index in [1.807, 2.05) is 36.4 Å². The molecule has 0 spiro atoms. The van der Waals surface area contributed by atoms with Gasteiger partial charge in [-0.3, -0.25) is 4.79 Å². The fraction of sp³-hybridized carbons (Fsp3) is 0.458. The monoisotopic (exact) mass is 413 g/mol. The minimum atomic E-state index is -3.08. The van der Waals surface area contributed by atoms with Crippen molar-refractivity contribution < 1.29 is 13.2 Å². The number of carbonyl (C=O) groups excluding carboxylic acids is 1. The van der Waals surface area contributed by atoms with Gasteiger partial charge in [0.2, 0.25) is 0 Å². The smallest absolute Gasteiger partial charge is 0.254 e. The number of hydrogen-bond donors (Lipinski definition) is 0. The van der Waals surface area contributed by atoms with Crippen LogP contribution in [-0.4, -0.2) is 36.8 Å². The molecule has 0 radical (unpaired) electrons. The van der Waals surface area contributed by atoms with Gasteiger partial charge in [-0.2, -0.15) is 0 Å². The van der Waals surface area contributed by atoms with Crippen molar-refractivity contribution >= 4 is 15.7 Å². The Morgan fingerprint density at radius 2 is 1.59 bits per heavy atom. The average molecular weight is 414 g/mol. The zero-order chi connectivity index (χ0) is 21.2. The number of sulfone groups is 1. The molecule has 0 aliphatic carbocycles. The maximum Gasteiger partial charge on any atom is 0.254 e. The standard InChI is InChI=1S/C24H31NO3S/c1-5-18-6-8-19(9-7-18)16-25(22-14-15-29(27,28)17-22)23(26)20-10-12-21(13-11-20)24(2,3)4/h6-13,22H,5,14-17H2,1-4H3/t22-/m1/s1. The molecule has 1 heterocycles. The lowest BCUT2D eigenvalue weighted by Crippen LogP contribution is -2.40. The van der Waals surface area contributed by atoms with E-state index in [1.54, 1.807) is 4.90 Å². The molecule has 0 unspecified atom stereocenters. The van der Waals surface area contributed by atoms with E-state index in [2.05, 4.69) is 39.8 Å². The van der Waals surface area contributed by atoms with Crippen molar-refractivity contribution in [1.82, 2.24) is 4.90 Å². The molecule has 1 amide bonds. The van der Waals surface area contributed by atoms with E-state index < -0.39 is 9.84 Å². The van der Waals surface area contributed by atoms with Crippen molar-refractivity contribution in [3.63, 3.8) is 0 Å². The van der Waals surface area contributed by atoms with E-state index >= 15 is 0 Å². The Balaban J connectivity index is 1.88. The van der Waals surface area contributed by atoms with Gasteiger partial charge in [-0.1, -0.05) is 64.1 Å². The lowest BCUT2D eigenvalue weighted by Gasteiger charge is -2.29. The van der Waals surface area contributed by atoms with Gasteiger partial charge < -0.3 is 4.90 Å². The molecule has 2 aromatic rings. The predicted molar refractivity (Wildman–Crippen MR) is 118 cm³/mol. The van der Waals surface area contributed by atoms with Gasteiger partial charge >= 0.3 is 0 Å². The molecule has 4 nitrogen and oxygen atoms in total. The van der Waals surface area contributed by atoms with Crippen molar-refractivity contribution in [2.75, 3.05) is 11.5 Å². The molecule has 1 aliphatic heterocycles. The van der Waals surface area contributed by atoms with Crippen LogP contribution < -0.4 is 0 Å². The summed E-state index contributed by atoms with van der Waals surface area (Å²) in [5.41, 5.74) is 4.05. The Bertz CT molecular complexity index is 955. The summed E-state index contributed by atoms with van der Waals surface area (Å²) in [6, 6.07) is 15.6. The van der Waals surface area contributed by atoms with Crippen molar-refractivity contribution in [3.8, 4) is 0 Å². The molecule has 0 aromatic heterocycles. The van der Waals surface area contributed by atoms with Crippen LogP contribution in [0.25, 0.3) is 0 Å². The van der Waals surface area contributed by atoms with Crippen LogP contribution in [0.1, 0.15) is 61.2 Å². The first-order valence-electron chi connectivity index (χ1n) is 10.3. The third-order valence-corrected chi connectivity index (χ3v) is 7.44. The molecule has 156 valence electrons. The third-order valence-electron chi connectivity index (χ3n) is 5.69. The number of hydrogen-bond acceptors (Lipinski definition) is 3. The van der Waals surface area contributed by atoms with Crippen molar-refractivity contribution in [1.29, 1.82) is 0 Å². The van der Waals surface area contributed by atoms with Gasteiger partial charge in [0.25, 0.3) is 5.91 Å². The van der Waals surface area contributed by atoms with Gasteiger partial charge in [0.1, 0.15) is 0 Å². The number of carbonyl (C=O) groups is 1. The van der Waals surface area contributed by atoms with Crippen LogP contribution in [0.3, 0.4) is 0 Å². The SMILES string of the molecule is CCc1ccc(CN(C(=O)c2ccc(C(C)(C)C)cc2)[C@@H]2CCS(=O)(=O)C2)cc1. The summed E-state index contributed by atoms with van der Waals surface area (Å²) in [5.74, 6) is 0.0949. The fourth-order valence-corrected chi connectivity index (χ4v) is 5.47. The first-order chi connectivity index (χ1) is 13.6. The predicted octanol–water partition coefficient (Wildman–Crippen LogP) is 4.38. The molecule has 1 aliphatic rings. The van der Waals surface area contributed by atoms with E-state index in [4.69, 9.17) is 0 Å². The van der Waals surface area contributed by atoms with Gasteiger partial charge in [-0.05, 0) is 47.1 Å². The molecule has 1 atom stereocenters. The Labute approximate surface area is 174 Å². The van der Waals surface area contributed by atoms with Crippen molar-refractivity contribution in [3.05, 3.63) is 70.8 Å². The number of amides is 1. The van der Waals surface area contributed by atoms with Crippen LogP contribution in [0, 0.1) is 0 Å². The lowest BCUT2D eigenvalue weighted by molar-refractivity contribution is 0.0681. The van der Waals surface area contributed by atoms with Gasteiger partial charge in [0, 0.05) is 18.2 Å². The Morgan fingerprint density at radius 3 is 2.07 bits per heavy atom. The summed E-state index contributed by atoms with van der Waals surface area (Å²) in [6.45, 7) is 8.94. The Kier molecular flexibility index (Phi) is 6.18. The summed E-state index contributed by atoms with van der Waals surface area (Å²) in [7, 11) is -3.08. The highest BCUT2D eigenvalue weighted by atomic mass is 32.2. The number of aryl methyl sites for hydroxylation is 1. The van der Waals surface area contributed by atoms with E-state index in [-0.39, 0.29) is 28.9 Å². The summed E-state index contributed by atoms with van der Waals surface area (Å²) < 4.78 is 24.1. The second kappa shape index (κ2) is 8.31. The largest absolute Gasteiger partial charge is 0.330 e. The average Bonchev–Trinajstić information content (AvgIpc) is 3.05. The summed E-state index contributed by atoms with van der Waals surface area (Å²) in [6.07, 6.45) is 1.46. The fourth-order valence-electron chi connectivity index (χ4n) is 3.74. The first kappa shape index (κ1) is 21.6. The highest BCUT2D eigenvalue weighted by molar-refractivity contribution is 7.91. The molecule has 2 aromatic carbocycles. The summed E-state index contributed by atoms with van der Waals surface area (Å²) >= 11 is 0. The lowest BCUT2D eigenvalue weighted by atomic mass is 9.86. The minimum Gasteiger partial charge on any atom is -0.330 e. The minimum absolute atomic E-state index is 0.0157. The molecule has 29 heavy (non-hydrogen) atoms. The van der Waals surface area contributed by atoms with Crippen molar-refractivity contribution in [2.45, 2.75) is 58.5 Å². The van der Waals surface area contributed by atoms with E-state index in [0.29, 0.717) is 18.5 Å².